The average Bonchev–Trinajstić information content (AvgIpc) is 2.94. The van der Waals surface area contributed by atoms with Crippen LogP contribution in [0, 0.1) is 0 Å². The summed E-state index contributed by atoms with van der Waals surface area (Å²) < 4.78 is 7.44. The molecule has 1 aliphatic heterocycles. The number of nitrogens with zero attached hydrogens (tertiary/aromatic N) is 4. The SMILES string of the molecule is OC[C@@H]1C[C@H](n2cnc3cncnc32)CO1. The molecule has 1 N–H and O–H groups in total. The Morgan fingerprint density at radius 1 is 1.50 bits per heavy atom. The second-order valence-corrected chi connectivity index (χ2v) is 3.91. The predicted molar refractivity (Wildman–Crippen MR) is 55.8 cm³/mol. The zero-order valence-electron chi connectivity index (χ0n) is 8.65. The third kappa shape index (κ3) is 1.46. The van der Waals surface area contributed by atoms with Crippen molar-refractivity contribution in [2.45, 2.75) is 18.6 Å². The van der Waals surface area contributed by atoms with Crippen molar-refractivity contribution in [3.05, 3.63) is 18.9 Å². The molecule has 3 rings (SSSR count). The van der Waals surface area contributed by atoms with Gasteiger partial charge < -0.3 is 14.4 Å². The quantitative estimate of drug-likeness (QED) is 0.779. The molecule has 2 atom stereocenters. The Hall–Kier alpha value is -1.53. The lowest BCUT2D eigenvalue weighted by atomic mass is 10.2. The van der Waals surface area contributed by atoms with E-state index in [2.05, 4.69) is 15.0 Å². The van der Waals surface area contributed by atoms with Gasteiger partial charge in [0.2, 0.25) is 0 Å². The van der Waals surface area contributed by atoms with Gasteiger partial charge in [0, 0.05) is 0 Å². The Labute approximate surface area is 91.9 Å². The zero-order valence-corrected chi connectivity index (χ0v) is 8.65. The number of rotatable bonds is 2. The van der Waals surface area contributed by atoms with E-state index in [9.17, 15) is 0 Å². The molecule has 1 fully saturated rings. The van der Waals surface area contributed by atoms with Crippen molar-refractivity contribution in [1.82, 2.24) is 19.5 Å². The summed E-state index contributed by atoms with van der Waals surface area (Å²) >= 11 is 0. The van der Waals surface area contributed by atoms with Crippen LogP contribution >= 0.6 is 0 Å². The van der Waals surface area contributed by atoms with Crippen molar-refractivity contribution in [3.63, 3.8) is 0 Å². The Morgan fingerprint density at radius 2 is 2.44 bits per heavy atom. The maximum absolute atomic E-state index is 9.02. The Morgan fingerprint density at radius 3 is 3.25 bits per heavy atom. The summed E-state index contributed by atoms with van der Waals surface area (Å²) in [5.41, 5.74) is 1.61. The maximum Gasteiger partial charge on any atom is 0.163 e. The maximum atomic E-state index is 9.02. The molecule has 0 spiro atoms. The predicted octanol–water partition coefficient (Wildman–Crippen LogP) is 0.149. The average molecular weight is 220 g/mol. The van der Waals surface area contributed by atoms with Crippen molar-refractivity contribution >= 4 is 11.2 Å². The van der Waals surface area contributed by atoms with Crippen molar-refractivity contribution in [2.75, 3.05) is 13.2 Å². The summed E-state index contributed by atoms with van der Waals surface area (Å²) in [6, 6.07) is 0.206. The lowest BCUT2D eigenvalue weighted by molar-refractivity contribution is 0.0576. The van der Waals surface area contributed by atoms with Crippen LogP contribution in [0.5, 0.6) is 0 Å². The summed E-state index contributed by atoms with van der Waals surface area (Å²) in [6.45, 7) is 0.665. The number of hydrogen-bond acceptors (Lipinski definition) is 5. The fourth-order valence-electron chi connectivity index (χ4n) is 2.06. The third-order valence-electron chi connectivity index (χ3n) is 2.89. The fourth-order valence-corrected chi connectivity index (χ4v) is 2.06. The standard InChI is InChI=1S/C10H12N4O2/c15-3-8-1-7(4-16-8)14-6-13-9-2-11-5-12-10(9)14/h2,5-8,15H,1,3-4H2/t7-,8-/m0/s1. The normalized spacial score (nSPS) is 25.3. The van der Waals surface area contributed by atoms with E-state index < -0.39 is 0 Å². The molecule has 0 amide bonds. The van der Waals surface area contributed by atoms with Gasteiger partial charge >= 0.3 is 0 Å². The van der Waals surface area contributed by atoms with E-state index >= 15 is 0 Å². The van der Waals surface area contributed by atoms with E-state index in [1.54, 1.807) is 12.5 Å². The van der Waals surface area contributed by atoms with Crippen LogP contribution in [-0.4, -0.2) is 43.9 Å². The second-order valence-electron chi connectivity index (χ2n) is 3.91. The Balaban J connectivity index is 1.95. The van der Waals surface area contributed by atoms with Gasteiger partial charge in [0.05, 0.1) is 37.9 Å². The van der Waals surface area contributed by atoms with Gasteiger partial charge in [-0.1, -0.05) is 0 Å². The molecule has 1 saturated heterocycles. The van der Waals surface area contributed by atoms with E-state index in [0.29, 0.717) is 6.61 Å². The van der Waals surface area contributed by atoms with Crippen LogP contribution in [0.25, 0.3) is 11.2 Å². The van der Waals surface area contributed by atoms with E-state index in [1.807, 2.05) is 4.57 Å². The minimum atomic E-state index is -0.0655. The largest absolute Gasteiger partial charge is 0.394 e. The number of imidazole rings is 1. The first-order valence-corrected chi connectivity index (χ1v) is 5.23. The monoisotopic (exact) mass is 220 g/mol. The molecule has 0 aromatic carbocycles. The molecule has 0 radical (unpaired) electrons. The summed E-state index contributed by atoms with van der Waals surface area (Å²) in [5.74, 6) is 0. The van der Waals surface area contributed by atoms with Crippen LogP contribution in [0.4, 0.5) is 0 Å². The van der Waals surface area contributed by atoms with E-state index in [-0.39, 0.29) is 18.8 Å². The van der Waals surface area contributed by atoms with E-state index in [1.165, 1.54) is 6.33 Å². The van der Waals surface area contributed by atoms with Crippen molar-refractivity contribution in [3.8, 4) is 0 Å². The van der Waals surface area contributed by atoms with Gasteiger partial charge in [-0.25, -0.2) is 15.0 Å². The Kier molecular flexibility index (Phi) is 2.30. The molecular formula is C10H12N4O2. The molecule has 1 aliphatic rings. The lowest BCUT2D eigenvalue weighted by Crippen LogP contribution is -2.11. The summed E-state index contributed by atoms with van der Waals surface area (Å²) in [5, 5.41) is 9.02. The highest BCUT2D eigenvalue weighted by molar-refractivity contribution is 5.69. The summed E-state index contributed by atoms with van der Waals surface area (Å²) in [4.78, 5) is 12.4. The highest BCUT2D eigenvalue weighted by Crippen LogP contribution is 2.26. The van der Waals surface area contributed by atoms with E-state index in [0.717, 1.165) is 17.6 Å². The number of hydrogen-bond donors (Lipinski definition) is 1. The van der Waals surface area contributed by atoms with Gasteiger partial charge in [-0.05, 0) is 6.42 Å². The summed E-state index contributed by atoms with van der Waals surface area (Å²) in [7, 11) is 0. The van der Waals surface area contributed by atoms with Crippen LogP contribution in [0.2, 0.25) is 0 Å². The fraction of sp³-hybridized carbons (Fsp3) is 0.500. The molecule has 6 nitrogen and oxygen atoms in total. The number of aliphatic hydroxyl groups is 1. The first-order valence-electron chi connectivity index (χ1n) is 5.23. The smallest absolute Gasteiger partial charge is 0.163 e. The number of fused-ring (bicyclic) bond motifs is 1. The highest BCUT2D eigenvalue weighted by atomic mass is 16.5. The summed E-state index contributed by atoms with van der Waals surface area (Å²) in [6.07, 6.45) is 5.70. The van der Waals surface area contributed by atoms with Gasteiger partial charge in [0.15, 0.2) is 5.65 Å². The van der Waals surface area contributed by atoms with E-state index in [4.69, 9.17) is 9.84 Å². The molecule has 16 heavy (non-hydrogen) atoms. The van der Waals surface area contributed by atoms with Crippen LogP contribution in [-0.2, 0) is 4.74 Å². The lowest BCUT2D eigenvalue weighted by Gasteiger charge is -2.09. The van der Waals surface area contributed by atoms with Gasteiger partial charge in [-0.2, -0.15) is 0 Å². The molecule has 84 valence electrons. The van der Waals surface area contributed by atoms with Crippen LogP contribution in [0.1, 0.15) is 12.5 Å². The van der Waals surface area contributed by atoms with Gasteiger partial charge in [0.1, 0.15) is 11.8 Å². The van der Waals surface area contributed by atoms with Crippen LogP contribution in [0.15, 0.2) is 18.9 Å². The van der Waals surface area contributed by atoms with Crippen molar-refractivity contribution in [1.29, 1.82) is 0 Å². The van der Waals surface area contributed by atoms with Crippen LogP contribution in [0.3, 0.4) is 0 Å². The molecule has 6 heteroatoms. The van der Waals surface area contributed by atoms with Crippen molar-refractivity contribution in [2.24, 2.45) is 0 Å². The number of aromatic nitrogens is 4. The molecule has 0 aliphatic carbocycles. The third-order valence-corrected chi connectivity index (χ3v) is 2.89. The van der Waals surface area contributed by atoms with Crippen molar-refractivity contribution < 1.29 is 9.84 Å². The van der Waals surface area contributed by atoms with Gasteiger partial charge in [-0.3, -0.25) is 0 Å². The first-order chi connectivity index (χ1) is 7.88. The topological polar surface area (TPSA) is 73.1 Å². The van der Waals surface area contributed by atoms with Gasteiger partial charge in [0.25, 0.3) is 0 Å². The minimum Gasteiger partial charge on any atom is -0.394 e. The first kappa shape index (κ1) is 9.68. The Bertz CT molecular complexity index is 498. The highest BCUT2D eigenvalue weighted by Gasteiger charge is 2.27. The molecule has 0 unspecified atom stereocenters. The number of aliphatic hydroxyl groups excluding tert-OH is 1. The minimum absolute atomic E-state index is 0.0655. The molecule has 0 saturated carbocycles. The molecule has 0 bridgehead atoms. The molecule has 2 aromatic heterocycles. The molecule has 2 aromatic rings. The zero-order chi connectivity index (χ0) is 11.0. The van der Waals surface area contributed by atoms with Crippen LogP contribution < -0.4 is 0 Å². The van der Waals surface area contributed by atoms with Gasteiger partial charge in [-0.15, -0.1) is 0 Å². The molecular weight excluding hydrogens is 208 g/mol. The second kappa shape index (κ2) is 3.80. The molecule has 3 heterocycles. The number of ether oxygens (including phenoxy) is 1.